The maximum atomic E-state index is 12.7. The number of esters is 1. The summed E-state index contributed by atoms with van der Waals surface area (Å²) in [6.45, 7) is 0. The zero-order valence-electron chi connectivity index (χ0n) is 13.7. The first-order chi connectivity index (χ1) is 12.1. The standard InChI is InChI=1S/C20H17NO4/c1-25-20(24)18(23)12-17(22)19-14-9-5-6-10-15(14)21-16(19)11-13-7-3-2-4-8-13/h2-10,12,21,23H,11H2,1H3. The third kappa shape index (κ3) is 3.45. The van der Waals surface area contributed by atoms with E-state index in [0.29, 0.717) is 12.0 Å². The van der Waals surface area contributed by atoms with Gasteiger partial charge in [-0.25, -0.2) is 4.79 Å². The number of rotatable bonds is 5. The molecule has 0 aliphatic heterocycles. The van der Waals surface area contributed by atoms with Gasteiger partial charge in [0, 0.05) is 29.1 Å². The Bertz CT molecular complexity index is 954. The van der Waals surface area contributed by atoms with E-state index in [1.807, 2.05) is 54.6 Å². The average molecular weight is 335 g/mol. The average Bonchev–Trinajstić information content (AvgIpc) is 2.99. The molecule has 1 aromatic heterocycles. The maximum absolute atomic E-state index is 12.7. The maximum Gasteiger partial charge on any atom is 0.373 e. The molecule has 0 atom stereocenters. The molecule has 0 aliphatic rings. The molecule has 0 bridgehead atoms. The van der Waals surface area contributed by atoms with Crippen molar-refractivity contribution in [3.05, 3.63) is 83.3 Å². The second-order valence-corrected chi connectivity index (χ2v) is 5.57. The number of nitrogens with one attached hydrogen (secondary N) is 1. The Morgan fingerprint density at radius 1 is 1.08 bits per heavy atom. The number of carbonyl (C=O) groups is 2. The summed E-state index contributed by atoms with van der Waals surface area (Å²) in [6.07, 6.45) is 1.43. The van der Waals surface area contributed by atoms with Crippen molar-refractivity contribution in [2.45, 2.75) is 6.42 Å². The molecule has 3 rings (SSSR count). The predicted molar refractivity (Wildman–Crippen MR) is 94.6 cm³/mol. The predicted octanol–water partition coefficient (Wildman–Crippen LogP) is 3.56. The molecule has 0 amide bonds. The quantitative estimate of drug-likeness (QED) is 0.323. The fraction of sp³-hybridized carbons (Fsp3) is 0.100. The number of fused-ring (bicyclic) bond motifs is 1. The number of carbonyl (C=O) groups excluding carboxylic acids is 2. The summed E-state index contributed by atoms with van der Waals surface area (Å²) in [5.74, 6) is -2.12. The van der Waals surface area contributed by atoms with Gasteiger partial charge in [-0.2, -0.15) is 0 Å². The summed E-state index contributed by atoms with van der Waals surface area (Å²) >= 11 is 0. The van der Waals surface area contributed by atoms with Gasteiger partial charge in [0.05, 0.1) is 12.7 Å². The van der Waals surface area contributed by atoms with Gasteiger partial charge in [0.25, 0.3) is 0 Å². The number of ketones is 1. The highest BCUT2D eigenvalue weighted by Crippen LogP contribution is 2.25. The number of hydrogen-bond donors (Lipinski definition) is 2. The van der Waals surface area contributed by atoms with Crippen LogP contribution in [0.25, 0.3) is 10.9 Å². The Balaban J connectivity index is 2.07. The van der Waals surface area contributed by atoms with Gasteiger partial charge in [0.1, 0.15) is 0 Å². The number of benzene rings is 2. The molecule has 25 heavy (non-hydrogen) atoms. The van der Waals surface area contributed by atoms with E-state index >= 15 is 0 Å². The van der Waals surface area contributed by atoms with E-state index in [2.05, 4.69) is 9.72 Å². The zero-order valence-corrected chi connectivity index (χ0v) is 13.7. The molecule has 126 valence electrons. The Hall–Kier alpha value is -3.34. The number of aromatic nitrogens is 1. The second-order valence-electron chi connectivity index (χ2n) is 5.57. The van der Waals surface area contributed by atoms with Gasteiger partial charge >= 0.3 is 5.97 Å². The van der Waals surface area contributed by atoms with Gasteiger partial charge in [-0.1, -0.05) is 48.5 Å². The molecular formula is C20H17NO4. The number of hydrogen-bond acceptors (Lipinski definition) is 4. The fourth-order valence-electron chi connectivity index (χ4n) is 2.77. The van der Waals surface area contributed by atoms with E-state index < -0.39 is 17.5 Å². The van der Waals surface area contributed by atoms with E-state index in [0.717, 1.165) is 35.3 Å². The van der Waals surface area contributed by atoms with Crippen molar-refractivity contribution in [3.8, 4) is 0 Å². The first-order valence-corrected chi connectivity index (χ1v) is 7.77. The molecule has 0 saturated heterocycles. The molecule has 0 unspecified atom stereocenters. The van der Waals surface area contributed by atoms with Gasteiger partial charge in [-0.3, -0.25) is 4.79 Å². The molecule has 0 spiro atoms. The number of H-pyrrole nitrogens is 1. The van der Waals surface area contributed by atoms with Crippen LogP contribution in [-0.4, -0.2) is 29.0 Å². The van der Waals surface area contributed by atoms with Crippen molar-refractivity contribution in [3.63, 3.8) is 0 Å². The number of para-hydroxylation sites is 1. The number of aliphatic hydroxyl groups is 1. The lowest BCUT2D eigenvalue weighted by atomic mass is 10.0. The van der Waals surface area contributed by atoms with E-state index in [1.54, 1.807) is 0 Å². The summed E-state index contributed by atoms with van der Waals surface area (Å²) in [6, 6.07) is 17.2. The molecule has 0 saturated carbocycles. The van der Waals surface area contributed by atoms with Gasteiger partial charge in [-0.05, 0) is 11.6 Å². The van der Waals surface area contributed by atoms with Crippen molar-refractivity contribution < 1.29 is 19.4 Å². The van der Waals surface area contributed by atoms with Crippen LogP contribution in [0.15, 0.2) is 66.4 Å². The molecule has 5 heteroatoms. The normalized spacial score (nSPS) is 11.5. The number of aromatic amines is 1. The lowest BCUT2D eigenvalue weighted by Gasteiger charge is -2.03. The summed E-state index contributed by atoms with van der Waals surface area (Å²) in [7, 11) is 1.14. The Morgan fingerprint density at radius 3 is 2.48 bits per heavy atom. The van der Waals surface area contributed by atoms with Crippen molar-refractivity contribution in [1.82, 2.24) is 4.98 Å². The smallest absolute Gasteiger partial charge is 0.373 e. The lowest BCUT2D eigenvalue weighted by Crippen LogP contribution is -2.08. The van der Waals surface area contributed by atoms with E-state index in [4.69, 9.17) is 0 Å². The molecule has 2 N–H and O–H groups in total. The van der Waals surface area contributed by atoms with Crippen LogP contribution in [0.3, 0.4) is 0 Å². The molecule has 2 aromatic carbocycles. The first kappa shape index (κ1) is 16.5. The van der Waals surface area contributed by atoms with Crippen molar-refractivity contribution >= 4 is 22.7 Å². The third-order valence-corrected chi connectivity index (χ3v) is 3.92. The highest BCUT2D eigenvalue weighted by atomic mass is 16.5. The Kier molecular flexibility index (Phi) is 4.66. The third-order valence-electron chi connectivity index (χ3n) is 3.92. The topological polar surface area (TPSA) is 79.4 Å². The number of allylic oxidation sites excluding steroid dienone is 1. The molecule has 0 fully saturated rings. The van der Waals surface area contributed by atoms with Crippen LogP contribution in [0.5, 0.6) is 0 Å². The van der Waals surface area contributed by atoms with Gasteiger partial charge < -0.3 is 14.8 Å². The summed E-state index contributed by atoms with van der Waals surface area (Å²) in [4.78, 5) is 27.3. The minimum absolute atomic E-state index is 0.440. The highest BCUT2D eigenvalue weighted by molar-refractivity contribution is 6.16. The van der Waals surface area contributed by atoms with Crippen molar-refractivity contribution in [1.29, 1.82) is 0 Å². The Morgan fingerprint density at radius 2 is 1.76 bits per heavy atom. The Labute approximate surface area is 144 Å². The van der Waals surface area contributed by atoms with Crippen LogP contribution >= 0.6 is 0 Å². The van der Waals surface area contributed by atoms with Crippen molar-refractivity contribution in [2.24, 2.45) is 0 Å². The fourth-order valence-corrected chi connectivity index (χ4v) is 2.77. The van der Waals surface area contributed by atoms with Crippen LogP contribution < -0.4 is 0 Å². The summed E-state index contributed by atoms with van der Waals surface area (Å²) in [5, 5.41) is 10.4. The minimum atomic E-state index is -0.946. The molecule has 1 heterocycles. The highest BCUT2D eigenvalue weighted by Gasteiger charge is 2.19. The van der Waals surface area contributed by atoms with Gasteiger partial charge in [0.2, 0.25) is 5.76 Å². The van der Waals surface area contributed by atoms with E-state index in [1.165, 1.54) is 0 Å². The minimum Gasteiger partial charge on any atom is -0.502 e. The van der Waals surface area contributed by atoms with E-state index in [9.17, 15) is 14.7 Å². The molecular weight excluding hydrogens is 318 g/mol. The molecule has 5 nitrogen and oxygen atoms in total. The first-order valence-electron chi connectivity index (χ1n) is 7.77. The second kappa shape index (κ2) is 7.05. The monoisotopic (exact) mass is 335 g/mol. The van der Waals surface area contributed by atoms with Gasteiger partial charge in [-0.15, -0.1) is 0 Å². The summed E-state index contributed by atoms with van der Waals surface area (Å²) in [5.41, 5.74) is 3.04. The van der Waals surface area contributed by atoms with Gasteiger partial charge in [0.15, 0.2) is 5.78 Å². The van der Waals surface area contributed by atoms with Crippen LogP contribution in [0.1, 0.15) is 21.6 Å². The molecule has 0 aliphatic carbocycles. The number of ether oxygens (including phenoxy) is 1. The lowest BCUT2D eigenvalue weighted by molar-refractivity contribution is -0.139. The molecule has 3 aromatic rings. The largest absolute Gasteiger partial charge is 0.502 e. The number of methoxy groups -OCH3 is 1. The van der Waals surface area contributed by atoms with Crippen LogP contribution in [-0.2, 0) is 16.0 Å². The zero-order chi connectivity index (χ0) is 17.8. The number of aliphatic hydroxyl groups excluding tert-OH is 1. The van der Waals surface area contributed by atoms with E-state index in [-0.39, 0.29) is 0 Å². The van der Waals surface area contributed by atoms with Crippen LogP contribution in [0.4, 0.5) is 0 Å². The summed E-state index contributed by atoms with van der Waals surface area (Å²) < 4.78 is 4.43. The molecule has 0 radical (unpaired) electrons. The SMILES string of the molecule is COC(=O)C(O)=CC(=O)c1c(Cc2ccccc2)[nH]c2ccccc12. The van der Waals surface area contributed by atoms with Crippen molar-refractivity contribution in [2.75, 3.05) is 7.11 Å². The van der Waals surface area contributed by atoms with Crippen LogP contribution in [0, 0.1) is 0 Å². The van der Waals surface area contributed by atoms with Crippen LogP contribution in [0.2, 0.25) is 0 Å².